The van der Waals surface area contributed by atoms with E-state index in [0.29, 0.717) is 6.04 Å². The molecule has 0 heterocycles. The third kappa shape index (κ3) is 7.34. The van der Waals surface area contributed by atoms with Gasteiger partial charge in [-0.2, -0.15) is 0 Å². The maximum Gasteiger partial charge on any atom is 0.0466 e. The summed E-state index contributed by atoms with van der Waals surface area (Å²) in [5.41, 5.74) is 2.76. The third-order valence-electron chi connectivity index (χ3n) is 3.33. The van der Waals surface area contributed by atoms with Crippen LogP contribution in [-0.2, 0) is 11.2 Å². The SMILES string of the molecule is CCCNC(CCCOCC)Cc1ccc(C)cc1. The number of benzene rings is 1. The van der Waals surface area contributed by atoms with Crippen LogP contribution in [0.5, 0.6) is 0 Å². The second-order valence-corrected chi connectivity index (χ2v) is 5.18. The third-order valence-corrected chi connectivity index (χ3v) is 3.33. The van der Waals surface area contributed by atoms with Crippen molar-refractivity contribution >= 4 is 0 Å². The highest BCUT2D eigenvalue weighted by atomic mass is 16.5. The molecule has 0 saturated heterocycles. The van der Waals surface area contributed by atoms with Gasteiger partial charge in [-0.05, 0) is 51.6 Å². The molecular formula is C17H29NO. The molecule has 108 valence electrons. The van der Waals surface area contributed by atoms with Crippen LogP contribution in [0.4, 0.5) is 0 Å². The van der Waals surface area contributed by atoms with Crippen molar-refractivity contribution in [1.82, 2.24) is 5.32 Å². The van der Waals surface area contributed by atoms with Gasteiger partial charge in [0.05, 0.1) is 0 Å². The van der Waals surface area contributed by atoms with Crippen LogP contribution in [0.2, 0.25) is 0 Å². The fourth-order valence-corrected chi connectivity index (χ4v) is 2.21. The highest BCUT2D eigenvalue weighted by molar-refractivity contribution is 5.22. The topological polar surface area (TPSA) is 21.3 Å². The summed E-state index contributed by atoms with van der Waals surface area (Å²) in [4.78, 5) is 0. The first-order valence-corrected chi connectivity index (χ1v) is 7.63. The zero-order chi connectivity index (χ0) is 13.9. The highest BCUT2D eigenvalue weighted by Crippen LogP contribution is 2.09. The zero-order valence-corrected chi connectivity index (χ0v) is 12.7. The van der Waals surface area contributed by atoms with Gasteiger partial charge in [-0.25, -0.2) is 0 Å². The summed E-state index contributed by atoms with van der Waals surface area (Å²) >= 11 is 0. The summed E-state index contributed by atoms with van der Waals surface area (Å²) in [6.07, 6.45) is 4.64. The largest absolute Gasteiger partial charge is 0.382 e. The number of hydrogen-bond donors (Lipinski definition) is 1. The van der Waals surface area contributed by atoms with Gasteiger partial charge < -0.3 is 10.1 Å². The Morgan fingerprint density at radius 3 is 2.53 bits per heavy atom. The first-order chi connectivity index (χ1) is 9.26. The molecule has 2 nitrogen and oxygen atoms in total. The lowest BCUT2D eigenvalue weighted by atomic mass is 10.0. The molecule has 2 heteroatoms. The molecule has 0 amide bonds. The Bertz CT molecular complexity index is 321. The van der Waals surface area contributed by atoms with E-state index in [1.54, 1.807) is 0 Å². The summed E-state index contributed by atoms with van der Waals surface area (Å²) in [5, 5.41) is 3.65. The van der Waals surface area contributed by atoms with Gasteiger partial charge in [0.1, 0.15) is 0 Å². The quantitative estimate of drug-likeness (QED) is 0.650. The number of aryl methyl sites for hydroxylation is 1. The van der Waals surface area contributed by atoms with Crippen LogP contribution in [0, 0.1) is 6.92 Å². The molecule has 0 aliphatic carbocycles. The Kier molecular flexibility index (Phi) is 8.52. The fraction of sp³-hybridized carbons (Fsp3) is 0.647. The van der Waals surface area contributed by atoms with E-state index in [2.05, 4.69) is 50.4 Å². The maximum absolute atomic E-state index is 5.43. The van der Waals surface area contributed by atoms with Crippen molar-refractivity contribution < 1.29 is 4.74 Å². The van der Waals surface area contributed by atoms with Crippen molar-refractivity contribution in [2.45, 2.75) is 52.5 Å². The van der Waals surface area contributed by atoms with Crippen LogP contribution >= 0.6 is 0 Å². The summed E-state index contributed by atoms with van der Waals surface area (Å²) < 4.78 is 5.43. The molecule has 19 heavy (non-hydrogen) atoms. The van der Waals surface area contributed by atoms with Crippen molar-refractivity contribution in [3.8, 4) is 0 Å². The molecule has 0 spiro atoms. The molecule has 0 fully saturated rings. The van der Waals surface area contributed by atoms with Crippen molar-refractivity contribution in [2.75, 3.05) is 19.8 Å². The van der Waals surface area contributed by atoms with Crippen molar-refractivity contribution in [2.24, 2.45) is 0 Å². The van der Waals surface area contributed by atoms with E-state index in [-0.39, 0.29) is 0 Å². The van der Waals surface area contributed by atoms with Gasteiger partial charge in [-0.3, -0.25) is 0 Å². The van der Waals surface area contributed by atoms with Crippen molar-refractivity contribution in [3.05, 3.63) is 35.4 Å². The van der Waals surface area contributed by atoms with Crippen LogP contribution in [0.3, 0.4) is 0 Å². The summed E-state index contributed by atoms with van der Waals surface area (Å²) in [5.74, 6) is 0. The van der Waals surface area contributed by atoms with Gasteiger partial charge >= 0.3 is 0 Å². The van der Waals surface area contributed by atoms with Crippen LogP contribution in [0.15, 0.2) is 24.3 Å². The summed E-state index contributed by atoms with van der Waals surface area (Å²) in [6, 6.07) is 9.47. The van der Waals surface area contributed by atoms with E-state index in [0.717, 1.165) is 32.6 Å². The van der Waals surface area contributed by atoms with E-state index in [4.69, 9.17) is 4.74 Å². The average Bonchev–Trinajstić information content (AvgIpc) is 2.43. The number of hydrogen-bond acceptors (Lipinski definition) is 2. The standard InChI is InChI=1S/C17H29NO/c1-4-12-18-17(7-6-13-19-5-2)14-16-10-8-15(3)9-11-16/h8-11,17-18H,4-7,12-14H2,1-3H3. The Labute approximate surface area is 118 Å². The molecule has 1 aromatic carbocycles. The smallest absolute Gasteiger partial charge is 0.0466 e. The van der Waals surface area contributed by atoms with Crippen LogP contribution in [0.25, 0.3) is 0 Å². The Balaban J connectivity index is 2.41. The van der Waals surface area contributed by atoms with Gasteiger partial charge in [0.15, 0.2) is 0 Å². The zero-order valence-electron chi connectivity index (χ0n) is 12.7. The lowest BCUT2D eigenvalue weighted by Crippen LogP contribution is -2.32. The van der Waals surface area contributed by atoms with E-state index < -0.39 is 0 Å². The lowest BCUT2D eigenvalue weighted by Gasteiger charge is -2.18. The van der Waals surface area contributed by atoms with Crippen LogP contribution in [-0.4, -0.2) is 25.8 Å². The van der Waals surface area contributed by atoms with Crippen LogP contribution in [0.1, 0.15) is 44.2 Å². The lowest BCUT2D eigenvalue weighted by molar-refractivity contribution is 0.140. The van der Waals surface area contributed by atoms with E-state index in [1.165, 1.54) is 24.0 Å². The van der Waals surface area contributed by atoms with E-state index >= 15 is 0 Å². The molecule has 1 atom stereocenters. The Morgan fingerprint density at radius 2 is 1.89 bits per heavy atom. The van der Waals surface area contributed by atoms with Gasteiger partial charge in [0, 0.05) is 19.3 Å². The first kappa shape index (κ1) is 16.2. The molecule has 0 aliphatic rings. The normalized spacial score (nSPS) is 12.6. The second-order valence-electron chi connectivity index (χ2n) is 5.18. The van der Waals surface area contributed by atoms with E-state index in [9.17, 15) is 0 Å². The molecule has 0 aliphatic heterocycles. The average molecular weight is 263 g/mol. The minimum Gasteiger partial charge on any atom is -0.382 e. The fourth-order valence-electron chi connectivity index (χ4n) is 2.21. The van der Waals surface area contributed by atoms with Crippen LogP contribution < -0.4 is 5.32 Å². The predicted octanol–water partition coefficient (Wildman–Crippen LogP) is 3.72. The van der Waals surface area contributed by atoms with Crippen molar-refractivity contribution in [3.63, 3.8) is 0 Å². The number of nitrogens with one attached hydrogen (secondary N) is 1. The molecule has 0 saturated carbocycles. The van der Waals surface area contributed by atoms with Gasteiger partial charge in [-0.15, -0.1) is 0 Å². The Hall–Kier alpha value is -0.860. The molecule has 1 aromatic rings. The predicted molar refractivity (Wildman–Crippen MR) is 82.7 cm³/mol. The molecule has 1 unspecified atom stereocenters. The second kappa shape index (κ2) is 9.99. The number of ether oxygens (including phenoxy) is 1. The highest BCUT2D eigenvalue weighted by Gasteiger charge is 2.08. The molecule has 1 N–H and O–H groups in total. The molecule has 0 radical (unpaired) electrons. The summed E-state index contributed by atoms with van der Waals surface area (Å²) in [6.45, 7) is 9.22. The minimum absolute atomic E-state index is 0.572. The maximum atomic E-state index is 5.43. The monoisotopic (exact) mass is 263 g/mol. The number of rotatable bonds is 10. The minimum atomic E-state index is 0.572. The van der Waals surface area contributed by atoms with Gasteiger partial charge in [0.2, 0.25) is 0 Å². The molecule has 0 aromatic heterocycles. The molecular weight excluding hydrogens is 234 g/mol. The van der Waals surface area contributed by atoms with Gasteiger partial charge in [-0.1, -0.05) is 36.8 Å². The summed E-state index contributed by atoms with van der Waals surface area (Å²) in [7, 11) is 0. The molecule has 1 rings (SSSR count). The Morgan fingerprint density at radius 1 is 1.16 bits per heavy atom. The van der Waals surface area contributed by atoms with Crippen molar-refractivity contribution in [1.29, 1.82) is 0 Å². The molecule has 0 bridgehead atoms. The van der Waals surface area contributed by atoms with Gasteiger partial charge in [0.25, 0.3) is 0 Å². The van der Waals surface area contributed by atoms with E-state index in [1.807, 2.05) is 0 Å². The first-order valence-electron chi connectivity index (χ1n) is 7.63.